The van der Waals surface area contributed by atoms with E-state index in [1.807, 2.05) is 26.1 Å². The normalized spacial score (nSPS) is 11.7. The molecule has 2 N–H and O–H groups in total. The van der Waals surface area contributed by atoms with Crippen LogP contribution in [0.4, 0.5) is 0 Å². The van der Waals surface area contributed by atoms with Crippen molar-refractivity contribution in [1.29, 1.82) is 0 Å². The van der Waals surface area contributed by atoms with Gasteiger partial charge in [-0.3, -0.25) is 4.79 Å². The van der Waals surface area contributed by atoms with Crippen molar-refractivity contribution in [2.75, 3.05) is 11.5 Å². The largest absolute Gasteiger partial charge is 0.325 e. The summed E-state index contributed by atoms with van der Waals surface area (Å²) in [6, 6.07) is 5.21. The van der Waals surface area contributed by atoms with Crippen molar-refractivity contribution in [3.8, 4) is 0 Å². The second kappa shape index (κ2) is 5.37. The number of nitrogens with zero attached hydrogens (tertiary/aromatic N) is 1. The van der Waals surface area contributed by atoms with Crippen LogP contribution in [0.1, 0.15) is 13.8 Å². The Morgan fingerprint density at radius 3 is 2.80 bits per heavy atom. The zero-order valence-electron chi connectivity index (χ0n) is 9.27. The Bertz CT molecular complexity index is 354. The molecule has 0 atom stereocenters. The number of nitrogens with two attached hydrogens (primary N) is 1. The minimum atomic E-state index is -0.133. The molecule has 4 heteroatoms. The summed E-state index contributed by atoms with van der Waals surface area (Å²) in [5.74, 6) is 1.83. The molecule has 0 bridgehead atoms. The van der Waals surface area contributed by atoms with Gasteiger partial charge >= 0.3 is 0 Å². The van der Waals surface area contributed by atoms with E-state index in [1.54, 1.807) is 28.5 Å². The third-order valence-electron chi connectivity index (χ3n) is 1.85. The van der Waals surface area contributed by atoms with Gasteiger partial charge in [0.05, 0.1) is 0 Å². The molecule has 15 heavy (non-hydrogen) atoms. The van der Waals surface area contributed by atoms with Crippen LogP contribution in [0.3, 0.4) is 0 Å². The van der Waals surface area contributed by atoms with Gasteiger partial charge in [0, 0.05) is 35.9 Å². The first kappa shape index (κ1) is 12.3. The lowest BCUT2D eigenvalue weighted by Gasteiger charge is -2.17. The Balaban J connectivity index is 2.33. The van der Waals surface area contributed by atoms with Crippen molar-refractivity contribution in [3.05, 3.63) is 34.7 Å². The number of hydrogen-bond acceptors (Lipinski definition) is 3. The van der Waals surface area contributed by atoms with Gasteiger partial charge in [-0.15, -0.1) is 0 Å². The average molecular weight is 226 g/mol. The van der Waals surface area contributed by atoms with Gasteiger partial charge < -0.3 is 10.3 Å². The number of thioether (sulfide) groups is 1. The van der Waals surface area contributed by atoms with Gasteiger partial charge in [-0.2, -0.15) is 11.8 Å². The van der Waals surface area contributed by atoms with Crippen LogP contribution >= 0.6 is 11.8 Å². The molecular formula is C11H18N2OS. The first-order valence-electron chi connectivity index (χ1n) is 5.01. The molecule has 1 aromatic heterocycles. The Kier molecular flexibility index (Phi) is 4.42. The molecule has 0 aliphatic carbocycles. The minimum absolute atomic E-state index is 0.0603. The predicted molar refractivity (Wildman–Crippen MR) is 66.3 cm³/mol. The van der Waals surface area contributed by atoms with E-state index in [4.69, 9.17) is 5.73 Å². The molecule has 0 amide bonds. The van der Waals surface area contributed by atoms with Gasteiger partial charge in [0.2, 0.25) is 0 Å². The molecule has 0 aromatic carbocycles. The highest BCUT2D eigenvalue weighted by Gasteiger charge is 2.09. The van der Waals surface area contributed by atoms with E-state index in [0.29, 0.717) is 0 Å². The van der Waals surface area contributed by atoms with Crippen LogP contribution in [0.5, 0.6) is 0 Å². The highest BCUT2D eigenvalue weighted by atomic mass is 32.2. The van der Waals surface area contributed by atoms with E-state index in [0.717, 1.165) is 18.1 Å². The third-order valence-corrected chi connectivity index (χ3v) is 3.27. The van der Waals surface area contributed by atoms with Crippen LogP contribution in [0.15, 0.2) is 29.2 Å². The lowest BCUT2D eigenvalue weighted by atomic mass is 10.1. The Hall–Kier alpha value is -0.740. The molecule has 1 heterocycles. The minimum Gasteiger partial charge on any atom is -0.325 e. The highest BCUT2D eigenvalue weighted by Crippen LogP contribution is 2.09. The van der Waals surface area contributed by atoms with Crippen LogP contribution in [-0.2, 0) is 6.54 Å². The van der Waals surface area contributed by atoms with Crippen molar-refractivity contribution in [3.63, 3.8) is 0 Å². The molecule has 0 radical (unpaired) electrons. The number of aromatic nitrogens is 1. The van der Waals surface area contributed by atoms with Crippen LogP contribution < -0.4 is 11.3 Å². The molecule has 0 saturated heterocycles. The van der Waals surface area contributed by atoms with E-state index in [2.05, 4.69) is 0 Å². The molecule has 1 aromatic rings. The third kappa shape index (κ3) is 5.04. The SMILES string of the molecule is CC(C)(N)CSCCn1ccccc1=O. The molecule has 84 valence electrons. The zero-order valence-corrected chi connectivity index (χ0v) is 10.1. The number of pyridine rings is 1. The van der Waals surface area contributed by atoms with Gasteiger partial charge in [-0.05, 0) is 19.9 Å². The van der Waals surface area contributed by atoms with Crippen molar-refractivity contribution in [1.82, 2.24) is 4.57 Å². The van der Waals surface area contributed by atoms with Crippen molar-refractivity contribution < 1.29 is 0 Å². The maximum Gasteiger partial charge on any atom is 0.250 e. The molecule has 0 unspecified atom stereocenters. The number of hydrogen-bond donors (Lipinski definition) is 1. The lowest BCUT2D eigenvalue weighted by Crippen LogP contribution is -2.35. The molecule has 0 aliphatic heterocycles. The molecule has 0 spiro atoms. The summed E-state index contributed by atoms with van der Waals surface area (Å²) in [4.78, 5) is 11.3. The summed E-state index contributed by atoms with van der Waals surface area (Å²) in [5, 5.41) is 0. The van der Waals surface area contributed by atoms with Gasteiger partial charge in [-0.25, -0.2) is 0 Å². The fourth-order valence-electron chi connectivity index (χ4n) is 1.14. The second-order valence-electron chi connectivity index (χ2n) is 4.27. The van der Waals surface area contributed by atoms with Crippen LogP contribution in [-0.4, -0.2) is 21.6 Å². The van der Waals surface area contributed by atoms with Gasteiger partial charge in [0.15, 0.2) is 0 Å². The van der Waals surface area contributed by atoms with E-state index >= 15 is 0 Å². The Morgan fingerprint density at radius 2 is 2.20 bits per heavy atom. The smallest absolute Gasteiger partial charge is 0.250 e. The summed E-state index contributed by atoms with van der Waals surface area (Å²) in [6.07, 6.45) is 1.82. The zero-order chi connectivity index (χ0) is 11.3. The summed E-state index contributed by atoms with van der Waals surface area (Å²) in [7, 11) is 0. The summed E-state index contributed by atoms with van der Waals surface area (Å²) < 4.78 is 1.72. The van der Waals surface area contributed by atoms with Crippen LogP contribution in [0.2, 0.25) is 0 Å². The first-order valence-corrected chi connectivity index (χ1v) is 6.17. The van der Waals surface area contributed by atoms with Crippen molar-refractivity contribution in [2.45, 2.75) is 25.9 Å². The topological polar surface area (TPSA) is 48.0 Å². The summed E-state index contributed by atoms with van der Waals surface area (Å²) >= 11 is 1.78. The van der Waals surface area contributed by atoms with Crippen molar-refractivity contribution in [2.24, 2.45) is 5.73 Å². The van der Waals surface area contributed by atoms with Crippen molar-refractivity contribution >= 4 is 11.8 Å². The second-order valence-corrected chi connectivity index (χ2v) is 5.38. The summed E-state index contributed by atoms with van der Waals surface area (Å²) in [5.41, 5.74) is 5.78. The molecule has 0 fully saturated rings. The maximum atomic E-state index is 11.3. The Labute approximate surface area is 94.7 Å². The lowest BCUT2D eigenvalue weighted by molar-refractivity contribution is 0.590. The first-order chi connectivity index (χ1) is 6.99. The van der Waals surface area contributed by atoms with E-state index in [9.17, 15) is 4.79 Å². The van der Waals surface area contributed by atoms with Crippen LogP contribution in [0, 0.1) is 0 Å². The number of aryl methyl sites for hydroxylation is 1. The molecular weight excluding hydrogens is 208 g/mol. The van der Waals surface area contributed by atoms with Gasteiger partial charge in [0.1, 0.15) is 0 Å². The average Bonchev–Trinajstić information content (AvgIpc) is 2.13. The van der Waals surface area contributed by atoms with E-state index in [1.165, 1.54) is 0 Å². The standard InChI is InChI=1S/C11H18N2OS/c1-11(2,12)9-15-8-7-13-6-4-3-5-10(13)14/h3-6H,7-9,12H2,1-2H3. The molecule has 3 nitrogen and oxygen atoms in total. The van der Waals surface area contributed by atoms with Gasteiger partial charge in [0.25, 0.3) is 5.56 Å². The highest BCUT2D eigenvalue weighted by molar-refractivity contribution is 7.99. The predicted octanol–water partition coefficient (Wildman–Crippen LogP) is 1.32. The monoisotopic (exact) mass is 226 g/mol. The number of rotatable bonds is 5. The maximum absolute atomic E-state index is 11.3. The van der Waals surface area contributed by atoms with Crippen LogP contribution in [0.25, 0.3) is 0 Å². The van der Waals surface area contributed by atoms with E-state index in [-0.39, 0.29) is 11.1 Å². The molecule has 0 saturated carbocycles. The molecule has 1 rings (SSSR count). The van der Waals surface area contributed by atoms with E-state index < -0.39 is 0 Å². The Morgan fingerprint density at radius 1 is 1.47 bits per heavy atom. The fraction of sp³-hybridized carbons (Fsp3) is 0.545. The fourth-order valence-corrected chi connectivity index (χ4v) is 2.14. The molecule has 0 aliphatic rings. The van der Waals surface area contributed by atoms with Gasteiger partial charge in [-0.1, -0.05) is 6.07 Å². The quantitative estimate of drug-likeness (QED) is 0.770. The summed E-state index contributed by atoms with van der Waals surface area (Å²) in [6.45, 7) is 4.77.